The Kier molecular flexibility index (Phi) is 9.53. The Morgan fingerprint density at radius 2 is 1.58 bits per heavy atom. The van der Waals surface area contributed by atoms with Gasteiger partial charge in [0.2, 0.25) is 6.10 Å². The van der Waals surface area contributed by atoms with Crippen molar-refractivity contribution in [2.24, 2.45) is 5.92 Å². The average Bonchev–Trinajstić information content (AvgIpc) is 2.79. The molecule has 2 rings (SSSR count). The fourth-order valence-electron chi connectivity index (χ4n) is 3.09. The highest BCUT2D eigenvalue weighted by Crippen LogP contribution is 2.19. The summed E-state index contributed by atoms with van der Waals surface area (Å²) in [4.78, 5) is 27.6. The molecule has 31 heavy (non-hydrogen) atoms. The number of carbonyl (C=O) groups is 2. The van der Waals surface area contributed by atoms with Gasteiger partial charge in [-0.1, -0.05) is 56.3 Å². The highest BCUT2D eigenvalue weighted by molar-refractivity contribution is 5.82. The molecule has 6 heteroatoms. The van der Waals surface area contributed by atoms with Crippen molar-refractivity contribution in [3.8, 4) is 5.75 Å². The van der Waals surface area contributed by atoms with E-state index >= 15 is 0 Å². The summed E-state index contributed by atoms with van der Waals surface area (Å²) >= 11 is 0. The monoisotopic (exact) mass is 427 g/mol. The molecule has 0 saturated carbocycles. The lowest BCUT2D eigenvalue weighted by Crippen LogP contribution is -2.44. The summed E-state index contributed by atoms with van der Waals surface area (Å²) < 4.78 is 16.4. The van der Waals surface area contributed by atoms with Crippen molar-refractivity contribution in [3.63, 3.8) is 0 Å². The van der Waals surface area contributed by atoms with Crippen LogP contribution in [0, 0.1) is 5.92 Å². The normalized spacial score (nSPS) is 13.9. The zero-order valence-corrected chi connectivity index (χ0v) is 19.0. The lowest BCUT2D eigenvalue weighted by atomic mass is 10.0. The number of ether oxygens (including phenoxy) is 3. The lowest BCUT2D eigenvalue weighted by molar-refractivity contribution is -0.175. The minimum absolute atomic E-state index is 0.146. The number of likely N-dealkylation sites (N-methyl/N-ethyl adjacent to an activating group) is 1. The van der Waals surface area contributed by atoms with E-state index in [4.69, 9.17) is 14.2 Å². The van der Waals surface area contributed by atoms with E-state index < -0.39 is 24.1 Å². The number of carbonyl (C=O) groups excluding carboxylic acids is 2. The number of hydrogen-bond acceptors (Lipinski definition) is 6. The van der Waals surface area contributed by atoms with Gasteiger partial charge >= 0.3 is 11.9 Å². The Morgan fingerprint density at radius 3 is 2.13 bits per heavy atom. The Balaban J connectivity index is 2.07. The van der Waals surface area contributed by atoms with Gasteiger partial charge in [0.1, 0.15) is 18.4 Å². The van der Waals surface area contributed by atoms with Crippen molar-refractivity contribution in [2.75, 3.05) is 21.2 Å². The topological polar surface area (TPSA) is 65.1 Å². The van der Waals surface area contributed by atoms with Gasteiger partial charge in [0.15, 0.2) is 0 Å². The summed E-state index contributed by atoms with van der Waals surface area (Å²) in [7, 11) is 5.25. The first-order chi connectivity index (χ1) is 14.8. The van der Waals surface area contributed by atoms with Gasteiger partial charge in [0.25, 0.3) is 0 Å². The van der Waals surface area contributed by atoms with Gasteiger partial charge in [-0.25, -0.2) is 4.79 Å². The molecule has 3 atom stereocenters. The van der Waals surface area contributed by atoms with Crippen molar-refractivity contribution in [3.05, 3.63) is 65.7 Å². The molecule has 0 bridgehead atoms. The molecule has 0 fully saturated rings. The maximum absolute atomic E-state index is 13.0. The third-order valence-electron chi connectivity index (χ3n) is 5.34. The van der Waals surface area contributed by atoms with Crippen LogP contribution >= 0.6 is 0 Å². The average molecular weight is 428 g/mol. The Bertz CT molecular complexity index is 820. The SMILES string of the molecule is CCC(C)C(OC(=O)C(Cc1ccc(OC)cc1)N(C)C)C(=O)OCc1ccccc1. The molecule has 0 aliphatic rings. The quantitative estimate of drug-likeness (QED) is 0.507. The van der Waals surface area contributed by atoms with Crippen LogP contribution in [-0.2, 0) is 32.1 Å². The number of esters is 2. The van der Waals surface area contributed by atoms with Crippen LogP contribution in [0.2, 0.25) is 0 Å². The Labute approximate surface area is 185 Å². The maximum atomic E-state index is 13.0. The standard InChI is InChI=1S/C25H33NO5/c1-6-18(2)23(25(28)30-17-20-10-8-7-9-11-20)31-24(27)22(26(3)4)16-19-12-14-21(29-5)15-13-19/h7-15,18,22-23H,6,16-17H2,1-5H3. The number of benzene rings is 2. The Morgan fingerprint density at radius 1 is 0.935 bits per heavy atom. The highest BCUT2D eigenvalue weighted by Gasteiger charge is 2.33. The minimum Gasteiger partial charge on any atom is -0.497 e. The van der Waals surface area contributed by atoms with Crippen LogP contribution in [0.5, 0.6) is 5.75 Å². The minimum atomic E-state index is -0.945. The summed E-state index contributed by atoms with van der Waals surface area (Å²) in [5.74, 6) is -0.363. The predicted molar refractivity (Wildman–Crippen MR) is 120 cm³/mol. The summed E-state index contributed by atoms with van der Waals surface area (Å²) in [5, 5.41) is 0. The van der Waals surface area contributed by atoms with Crippen LogP contribution in [0.25, 0.3) is 0 Å². The largest absolute Gasteiger partial charge is 0.497 e. The van der Waals surface area contributed by atoms with E-state index in [1.807, 2.05) is 82.5 Å². The van der Waals surface area contributed by atoms with E-state index in [0.29, 0.717) is 12.8 Å². The molecule has 2 aromatic carbocycles. The zero-order chi connectivity index (χ0) is 22.8. The first kappa shape index (κ1) is 24.4. The van der Waals surface area contributed by atoms with Gasteiger partial charge in [-0.15, -0.1) is 0 Å². The van der Waals surface area contributed by atoms with Gasteiger partial charge in [0, 0.05) is 5.92 Å². The molecule has 0 saturated heterocycles. The predicted octanol–water partition coefficient (Wildman–Crippen LogP) is 3.87. The fourth-order valence-corrected chi connectivity index (χ4v) is 3.09. The van der Waals surface area contributed by atoms with Crippen molar-refractivity contribution >= 4 is 11.9 Å². The molecule has 0 amide bonds. The molecule has 0 aromatic heterocycles. The van der Waals surface area contributed by atoms with Gasteiger partial charge in [-0.05, 0) is 50.2 Å². The van der Waals surface area contributed by atoms with E-state index in [9.17, 15) is 9.59 Å². The maximum Gasteiger partial charge on any atom is 0.348 e. The summed E-state index contributed by atoms with van der Waals surface area (Å²) in [5.41, 5.74) is 1.86. The van der Waals surface area contributed by atoms with Crippen LogP contribution < -0.4 is 4.74 Å². The number of nitrogens with zero attached hydrogens (tertiary/aromatic N) is 1. The van der Waals surface area contributed by atoms with E-state index in [0.717, 1.165) is 16.9 Å². The van der Waals surface area contributed by atoms with Crippen LogP contribution in [0.4, 0.5) is 0 Å². The summed E-state index contributed by atoms with van der Waals surface area (Å²) in [6, 6.07) is 16.5. The van der Waals surface area contributed by atoms with Gasteiger partial charge in [-0.3, -0.25) is 9.69 Å². The Hall–Kier alpha value is -2.86. The number of rotatable bonds is 11. The van der Waals surface area contributed by atoms with E-state index in [-0.39, 0.29) is 12.5 Å². The van der Waals surface area contributed by atoms with Crippen molar-refractivity contribution in [1.29, 1.82) is 0 Å². The zero-order valence-electron chi connectivity index (χ0n) is 19.0. The van der Waals surface area contributed by atoms with Crippen LogP contribution in [-0.4, -0.2) is 50.2 Å². The first-order valence-electron chi connectivity index (χ1n) is 10.6. The molecule has 0 radical (unpaired) electrons. The third kappa shape index (κ3) is 7.40. The molecule has 0 aliphatic heterocycles. The molecule has 168 valence electrons. The van der Waals surface area contributed by atoms with Gasteiger partial charge < -0.3 is 14.2 Å². The first-order valence-corrected chi connectivity index (χ1v) is 10.6. The van der Waals surface area contributed by atoms with Crippen molar-refractivity contribution in [1.82, 2.24) is 4.90 Å². The summed E-state index contributed by atoms with van der Waals surface area (Å²) in [6.07, 6.45) is 0.200. The molecule has 2 aromatic rings. The van der Waals surface area contributed by atoms with Crippen LogP contribution in [0.1, 0.15) is 31.4 Å². The highest BCUT2D eigenvalue weighted by atomic mass is 16.6. The fraction of sp³-hybridized carbons (Fsp3) is 0.440. The molecular formula is C25H33NO5. The molecule has 0 spiro atoms. The van der Waals surface area contributed by atoms with Crippen LogP contribution in [0.15, 0.2) is 54.6 Å². The number of methoxy groups -OCH3 is 1. The molecule has 0 N–H and O–H groups in total. The van der Waals surface area contributed by atoms with E-state index in [1.165, 1.54) is 0 Å². The van der Waals surface area contributed by atoms with Crippen molar-refractivity contribution in [2.45, 2.75) is 45.4 Å². The van der Waals surface area contributed by atoms with Gasteiger partial charge in [0.05, 0.1) is 7.11 Å². The van der Waals surface area contributed by atoms with Crippen molar-refractivity contribution < 1.29 is 23.8 Å². The molecule has 0 heterocycles. The van der Waals surface area contributed by atoms with Crippen LogP contribution in [0.3, 0.4) is 0 Å². The second-order valence-corrected chi connectivity index (χ2v) is 7.87. The molecule has 3 unspecified atom stereocenters. The summed E-state index contributed by atoms with van der Waals surface area (Å²) in [6.45, 7) is 3.99. The second kappa shape index (κ2) is 12.1. The van der Waals surface area contributed by atoms with Gasteiger partial charge in [-0.2, -0.15) is 0 Å². The smallest absolute Gasteiger partial charge is 0.348 e. The molecule has 6 nitrogen and oxygen atoms in total. The molecular weight excluding hydrogens is 394 g/mol. The van der Waals surface area contributed by atoms with E-state index in [2.05, 4.69) is 0 Å². The molecule has 0 aliphatic carbocycles. The second-order valence-electron chi connectivity index (χ2n) is 7.87. The third-order valence-corrected chi connectivity index (χ3v) is 5.34. The number of hydrogen-bond donors (Lipinski definition) is 0. The van der Waals surface area contributed by atoms with E-state index in [1.54, 1.807) is 12.0 Å². The lowest BCUT2D eigenvalue weighted by Gasteiger charge is -2.27.